The fourth-order valence-corrected chi connectivity index (χ4v) is 5.72. The Labute approximate surface area is 223 Å². The Hall–Kier alpha value is -3.97. The van der Waals surface area contributed by atoms with Gasteiger partial charge in [-0.1, -0.05) is 60.7 Å². The number of carboxylic acids is 1. The summed E-state index contributed by atoms with van der Waals surface area (Å²) >= 11 is 0. The Kier molecular flexibility index (Phi) is 7.56. The molecule has 0 unspecified atom stereocenters. The van der Waals surface area contributed by atoms with Gasteiger partial charge in [-0.2, -0.15) is 0 Å². The molecule has 2 heterocycles. The molecule has 1 N–H and O–H groups in total. The predicted molar refractivity (Wildman–Crippen MR) is 146 cm³/mol. The summed E-state index contributed by atoms with van der Waals surface area (Å²) in [5.74, 6) is -0.705. The highest BCUT2D eigenvalue weighted by Crippen LogP contribution is 2.40. The van der Waals surface area contributed by atoms with E-state index in [1.54, 1.807) is 18.2 Å². The van der Waals surface area contributed by atoms with Gasteiger partial charge in [-0.25, -0.2) is 4.79 Å². The summed E-state index contributed by atoms with van der Waals surface area (Å²) in [6.07, 6.45) is 2.73. The number of carbonyl (C=O) groups is 3. The monoisotopic (exact) mass is 511 g/mol. The van der Waals surface area contributed by atoms with Crippen molar-refractivity contribution in [1.29, 1.82) is 0 Å². The largest absolute Gasteiger partial charge is 0.478 e. The second-order valence-corrected chi connectivity index (χ2v) is 10.2. The zero-order valence-corrected chi connectivity index (χ0v) is 21.5. The third kappa shape index (κ3) is 5.34. The number of carbonyl (C=O) groups excluding carboxylic acids is 2. The Morgan fingerprint density at radius 2 is 1.50 bits per heavy atom. The van der Waals surface area contributed by atoms with E-state index in [-0.39, 0.29) is 17.3 Å². The van der Waals surface area contributed by atoms with Crippen LogP contribution in [0.3, 0.4) is 0 Å². The number of hydrogen-bond donors (Lipinski definition) is 1. The Morgan fingerprint density at radius 1 is 0.842 bits per heavy atom. The van der Waals surface area contributed by atoms with Gasteiger partial charge in [0.2, 0.25) is 5.91 Å². The quantitative estimate of drug-likeness (QED) is 0.420. The molecule has 2 fully saturated rings. The van der Waals surface area contributed by atoms with Crippen LogP contribution in [0, 0.1) is 0 Å². The molecule has 1 amide bonds. The third-order valence-electron chi connectivity index (χ3n) is 7.79. The first-order valence-corrected chi connectivity index (χ1v) is 13.2. The summed E-state index contributed by atoms with van der Waals surface area (Å²) in [6, 6.07) is 26.3. The van der Waals surface area contributed by atoms with Crippen molar-refractivity contribution in [2.45, 2.75) is 37.8 Å². The minimum Gasteiger partial charge on any atom is -0.478 e. The number of piperidine rings is 1. The molecule has 7 heteroatoms. The molecule has 1 spiro atoms. The summed E-state index contributed by atoms with van der Waals surface area (Å²) in [7, 11) is 0. The van der Waals surface area contributed by atoms with Crippen LogP contribution in [0.2, 0.25) is 0 Å². The molecule has 2 aliphatic rings. The van der Waals surface area contributed by atoms with E-state index in [9.17, 15) is 19.5 Å². The number of aromatic carboxylic acids is 1. The van der Waals surface area contributed by atoms with Crippen LogP contribution < -0.4 is 4.90 Å². The summed E-state index contributed by atoms with van der Waals surface area (Å²) in [6.45, 7) is 3.25. The number of rotatable bonds is 9. The van der Waals surface area contributed by atoms with Gasteiger partial charge in [-0.15, -0.1) is 0 Å². The van der Waals surface area contributed by atoms with Crippen molar-refractivity contribution >= 4 is 23.3 Å². The standard InChI is InChI=1S/C31H33N3O4/c35-28(25-10-3-1-4-11-25)15-8-18-32-19-16-31(17-20-32)30(38)33(23-34(31)27-13-5-2-6-14-27)22-24-9-7-12-26(21-24)29(36)37/h1-7,9-14,21H,8,15-20,22-23H2,(H,36,37). The van der Waals surface area contributed by atoms with Crippen LogP contribution in [-0.4, -0.2) is 64.4 Å². The van der Waals surface area contributed by atoms with Gasteiger partial charge in [0.25, 0.3) is 0 Å². The molecule has 7 nitrogen and oxygen atoms in total. The SMILES string of the molecule is O=C(O)c1cccc(CN2CN(c3ccccc3)C3(CCN(CCCC(=O)c4ccccc4)CC3)C2=O)c1. The van der Waals surface area contributed by atoms with Gasteiger partial charge in [0, 0.05) is 37.3 Å². The minimum atomic E-state index is -0.972. The lowest BCUT2D eigenvalue weighted by molar-refractivity contribution is -0.134. The van der Waals surface area contributed by atoms with Gasteiger partial charge >= 0.3 is 5.97 Å². The van der Waals surface area contributed by atoms with Crippen LogP contribution >= 0.6 is 0 Å². The molecule has 0 aliphatic carbocycles. The van der Waals surface area contributed by atoms with E-state index in [0.29, 0.717) is 32.5 Å². The summed E-state index contributed by atoms with van der Waals surface area (Å²) in [5, 5.41) is 9.37. The molecule has 3 aromatic carbocycles. The number of para-hydroxylation sites is 1. The van der Waals surface area contributed by atoms with E-state index < -0.39 is 11.5 Å². The molecular weight excluding hydrogens is 478 g/mol. The molecule has 0 aromatic heterocycles. The maximum absolute atomic E-state index is 14.0. The van der Waals surface area contributed by atoms with E-state index >= 15 is 0 Å². The molecule has 5 rings (SSSR count). The Morgan fingerprint density at radius 3 is 2.18 bits per heavy atom. The van der Waals surface area contributed by atoms with Crippen molar-refractivity contribution in [2.75, 3.05) is 31.2 Å². The smallest absolute Gasteiger partial charge is 0.335 e. The molecule has 38 heavy (non-hydrogen) atoms. The lowest BCUT2D eigenvalue weighted by atomic mass is 9.85. The lowest BCUT2D eigenvalue weighted by Gasteiger charge is -2.43. The summed E-state index contributed by atoms with van der Waals surface area (Å²) < 4.78 is 0. The lowest BCUT2D eigenvalue weighted by Crippen LogP contribution is -2.56. The number of amides is 1. The average molecular weight is 512 g/mol. The topological polar surface area (TPSA) is 81.2 Å². The number of carboxylic acid groups (broad SMARTS) is 1. The number of anilines is 1. The van der Waals surface area contributed by atoms with Crippen molar-refractivity contribution < 1.29 is 19.5 Å². The molecule has 196 valence electrons. The summed E-state index contributed by atoms with van der Waals surface area (Å²) in [4.78, 5) is 44.3. The maximum atomic E-state index is 14.0. The molecular formula is C31H33N3O4. The minimum absolute atomic E-state index is 0.0981. The zero-order chi connectivity index (χ0) is 26.5. The Balaban J connectivity index is 1.26. The van der Waals surface area contributed by atoms with Gasteiger partial charge in [0.1, 0.15) is 5.54 Å². The van der Waals surface area contributed by atoms with Crippen LogP contribution in [0.25, 0.3) is 0 Å². The number of hydrogen-bond acceptors (Lipinski definition) is 5. The van der Waals surface area contributed by atoms with E-state index in [1.165, 1.54) is 0 Å². The van der Waals surface area contributed by atoms with Crippen molar-refractivity contribution in [3.05, 3.63) is 102 Å². The van der Waals surface area contributed by atoms with Crippen molar-refractivity contribution in [3.63, 3.8) is 0 Å². The first-order chi connectivity index (χ1) is 18.5. The second-order valence-electron chi connectivity index (χ2n) is 10.2. The first-order valence-electron chi connectivity index (χ1n) is 13.2. The normalized spacial score (nSPS) is 17.2. The molecule has 3 aromatic rings. The maximum Gasteiger partial charge on any atom is 0.335 e. The number of likely N-dealkylation sites (tertiary alicyclic amines) is 1. The van der Waals surface area contributed by atoms with Gasteiger partial charge in [-0.3, -0.25) is 9.59 Å². The molecule has 2 saturated heterocycles. The fourth-order valence-electron chi connectivity index (χ4n) is 5.72. The zero-order valence-electron chi connectivity index (χ0n) is 21.5. The third-order valence-corrected chi connectivity index (χ3v) is 7.79. The van der Waals surface area contributed by atoms with Crippen molar-refractivity contribution in [2.24, 2.45) is 0 Å². The molecule has 0 atom stereocenters. The average Bonchev–Trinajstić information content (AvgIpc) is 3.21. The summed E-state index contributed by atoms with van der Waals surface area (Å²) in [5.41, 5.74) is 2.19. The first kappa shape index (κ1) is 25.7. The van der Waals surface area contributed by atoms with Gasteiger partial charge in [0.15, 0.2) is 5.78 Å². The number of benzene rings is 3. The highest BCUT2D eigenvalue weighted by atomic mass is 16.4. The highest BCUT2D eigenvalue weighted by molar-refractivity contribution is 5.96. The van der Waals surface area contributed by atoms with Crippen LogP contribution in [-0.2, 0) is 11.3 Å². The molecule has 0 radical (unpaired) electrons. The van der Waals surface area contributed by atoms with E-state index in [0.717, 1.165) is 42.9 Å². The van der Waals surface area contributed by atoms with E-state index in [2.05, 4.69) is 9.80 Å². The van der Waals surface area contributed by atoms with Crippen LogP contribution in [0.15, 0.2) is 84.9 Å². The van der Waals surface area contributed by atoms with E-state index in [4.69, 9.17) is 0 Å². The van der Waals surface area contributed by atoms with Gasteiger partial charge in [0.05, 0.1) is 12.2 Å². The van der Waals surface area contributed by atoms with Gasteiger partial charge in [-0.05, 0) is 55.6 Å². The number of nitrogens with zero attached hydrogens (tertiary/aromatic N) is 3. The van der Waals surface area contributed by atoms with Gasteiger partial charge < -0.3 is 19.8 Å². The van der Waals surface area contributed by atoms with Crippen molar-refractivity contribution in [1.82, 2.24) is 9.80 Å². The number of Topliss-reactive ketones (excluding diaryl/α,β-unsaturated/α-hetero) is 1. The molecule has 0 bridgehead atoms. The fraction of sp³-hybridized carbons (Fsp3) is 0.323. The van der Waals surface area contributed by atoms with Crippen molar-refractivity contribution in [3.8, 4) is 0 Å². The number of ketones is 1. The predicted octanol–water partition coefficient (Wildman–Crippen LogP) is 4.69. The van der Waals surface area contributed by atoms with E-state index in [1.807, 2.05) is 71.6 Å². The molecule has 0 saturated carbocycles. The Bertz CT molecular complexity index is 1290. The van der Waals surface area contributed by atoms with Crippen LogP contribution in [0.5, 0.6) is 0 Å². The van der Waals surface area contributed by atoms with Crippen LogP contribution in [0.1, 0.15) is 52.0 Å². The second kappa shape index (κ2) is 11.2. The highest BCUT2D eigenvalue weighted by Gasteiger charge is 2.53. The van der Waals surface area contributed by atoms with Crippen LogP contribution in [0.4, 0.5) is 5.69 Å². The molecule has 2 aliphatic heterocycles.